The number of ether oxygens (including phenoxy) is 1. The van der Waals surface area contributed by atoms with Crippen LogP contribution in [0.1, 0.15) is 36.3 Å². The van der Waals surface area contributed by atoms with Crippen molar-refractivity contribution in [2.45, 2.75) is 37.6 Å². The highest BCUT2D eigenvalue weighted by atomic mass is 35.5. The number of likely N-dealkylation sites (N-methyl/N-ethyl adjacent to an activating group) is 1. The lowest BCUT2D eigenvalue weighted by Gasteiger charge is -2.33. The first-order chi connectivity index (χ1) is 9.15. The van der Waals surface area contributed by atoms with Crippen LogP contribution in [0.3, 0.4) is 0 Å². The molecule has 0 saturated carbocycles. The van der Waals surface area contributed by atoms with E-state index in [2.05, 4.69) is 11.4 Å². The fourth-order valence-electron chi connectivity index (χ4n) is 2.96. The van der Waals surface area contributed by atoms with Crippen LogP contribution in [0.5, 0.6) is 0 Å². The van der Waals surface area contributed by atoms with E-state index in [1.165, 1.54) is 18.2 Å². The van der Waals surface area contributed by atoms with Crippen molar-refractivity contribution in [3.8, 4) is 0 Å². The molecule has 0 aliphatic heterocycles. The number of esters is 1. The van der Waals surface area contributed by atoms with E-state index in [9.17, 15) is 4.79 Å². The normalized spacial score (nSPS) is 21.8. The van der Waals surface area contributed by atoms with Crippen molar-refractivity contribution in [3.05, 3.63) is 34.3 Å². The summed E-state index contributed by atoms with van der Waals surface area (Å²) < 4.78 is 4.74. The Bertz CT molecular complexity index is 461. The molecule has 19 heavy (non-hydrogen) atoms. The van der Waals surface area contributed by atoms with Gasteiger partial charge in [-0.2, -0.15) is 0 Å². The smallest absolute Gasteiger partial charge is 0.305 e. The lowest BCUT2D eigenvalue weighted by atomic mass is 9.77. The van der Waals surface area contributed by atoms with Gasteiger partial charge in [-0.15, -0.1) is 0 Å². The topological polar surface area (TPSA) is 38.3 Å². The molecule has 0 bridgehead atoms. The second-order valence-electron chi connectivity index (χ2n) is 5.00. The summed E-state index contributed by atoms with van der Waals surface area (Å²) in [5.41, 5.74) is 2.63. The molecule has 0 saturated heterocycles. The van der Waals surface area contributed by atoms with Crippen LogP contribution >= 0.6 is 11.6 Å². The number of carbonyl (C=O) groups excluding carboxylic acids is 1. The van der Waals surface area contributed by atoms with Gasteiger partial charge in [-0.1, -0.05) is 17.7 Å². The van der Waals surface area contributed by atoms with E-state index in [1.807, 2.05) is 19.2 Å². The van der Waals surface area contributed by atoms with Crippen LogP contribution in [0.2, 0.25) is 5.02 Å². The van der Waals surface area contributed by atoms with Crippen LogP contribution in [0.25, 0.3) is 0 Å². The van der Waals surface area contributed by atoms with Gasteiger partial charge in [0.2, 0.25) is 0 Å². The fourth-order valence-corrected chi connectivity index (χ4v) is 3.15. The Morgan fingerprint density at radius 1 is 1.53 bits per heavy atom. The van der Waals surface area contributed by atoms with E-state index < -0.39 is 0 Å². The zero-order valence-corrected chi connectivity index (χ0v) is 12.2. The Morgan fingerprint density at radius 2 is 2.32 bits per heavy atom. The number of halogens is 1. The van der Waals surface area contributed by atoms with Crippen molar-refractivity contribution in [1.29, 1.82) is 0 Å². The summed E-state index contributed by atoms with van der Waals surface area (Å²) >= 11 is 6.05. The zero-order chi connectivity index (χ0) is 13.8. The van der Waals surface area contributed by atoms with E-state index in [-0.39, 0.29) is 5.97 Å². The van der Waals surface area contributed by atoms with Crippen LogP contribution in [0.4, 0.5) is 0 Å². The molecule has 2 unspecified atom stereocenters. The van der Waals surface area contributed by atoms with Crippen molar-refractivity contribution in [3.63, 3.8) is 0 Å². The fraction of sp³-hybridized carbons (Fsp3) is 0.533. The molecular formula is C15H20ClNO2. The molecule has 4 heteroatoms. The number of hydrogen-bond donors (Lipinski definition) is 1. The Hall–Kier alpha value is -1.06. The SMILES string of the molecule is CNC1CCc2cc(Cl)ccc2C1CCC(=O)OC. The quantitative estimate of drug-likeness (QED) is 0.863. The van der Waals surface area contributed by atoms with E-state index in [0.717, 1.165) is 24.3 Å². The molecule has 0 radical (unpaired) electrons. The maximum Gasteiger partial charge on any atom is 0.305 e. The van der Waals surface area contributed by atoms with Crippen LogP contribution in [0, 0.1) is 0 Å². The van der Waals surface area contributed by atoms with Crippen molar-refractivity contribution in [1.82, 2.24) is 5.32 Å². The molecule has 2 rings (SSSR count). The van der Waals surface area contributed by atoms with Gasteiger partial charge in [-0.05, 0) is 49.6 Å². The summed E-state index contributed by atoms with van der Waals surface area (Å²) in [5.74, 6) is 0.209. The molecule has 1 aromatic rings. The molecule has 2 atom stereocenters. The number of aryl methyl sites for hydroxylation is 1. The van der Waals surface area contributed by atoms with Crippen molar-refractivity contribution in [2.24, 2.45) is 0 Å². The highest BCUT2D eigenvalue weighted by Gasteiger charge is 2.28. The molecule has 0 spiro atoms. The first-order valence-corrected chi connectivity index (χ1v) is 7.06. The molecule has 1 N–H and O–H groups in total. The van der Waals surface area contributed by atoms with Crippen molar-refractivity contribution >= 4 is 17.6 Å². The van der Waals surface area contributed by atoms with Crippen molar-refractivity contribution in [2.75, 3.05) is 14.2 Å². The summed E-state index contributed by atoms with van der Waals surface area (Å²) in [4.78, 5) is 11.4. The van der Waals surface area contributed by atoms with Crippen LogP contribution in [0.15, 0.2) is 18.2 Å². The summed E-state index contributed by atoms with van der Waals surface area (Å²) in [6.07, 6.45) is 3.39. The summed E-state index contributed by atoms with van der Waals surface area (Å²) in [7, 11) is 3.42. The minimum atomic E-state index is -0.143. The zero-order valence-electron chi connectivity index (χ0n) is 11.4. The third kappa shape index (κ3) is 3.28. The third-order valence-electron chi connectivity index (χ3n) is 3.97. The average Bonchev–Trinajstić information content (AvgIpc) is 2.43. The van der Waals surface area contributed by atoms with Gasteiger partial charge in [0.15, 0.2) is 0 Å². The first kappa shape index (κ1) is 14.4. The van der Waals surface area contributed by atoms with E-state index in [4.69, 9.17) is 16.3 Å². The maximum absolute atomic E-state index is 11.4. The Morgan fingerprint density at radius 3 is 3.00 bits per heavy atom. The lowest BCUT2D eigenvalue weighted by molar-refractivity contribution is -0.140. The lowest BCUT2D eigenvalue weighted by Crippen LogP contribution is -2.36. The van der Waals surface area contributed by atoms with Gasteiger partial charge >= 0.3 is 5.97 Å². The minimum Gasteiger partial charge on any atom is -0.469 e. The second-order valence-corrected chi connectivity index (χ2v) is 5.43. The molecule has 1 aliphatic carbocycles. The number of rotatable bonds is 4. The number of benzene rings is 1. The largest absolute Gasteiger partial charge is 0.469 e. The minimum absolute atomic E-state index is 0.143. The van der Waals surface area contributed by atoms with E-state index in [1.54, 1.807) is 0 Å². The molecule has 1 aliphatic rings. The Kier molecular flexibility index (Phi) is 4.83. The second kappa shape index (κ2) is 6.40. The van der Waals surface area contributed by atoms with Gasteiger partial charge in [0.25, 0.3) is 0 Å². The number of carbonyl (C=O) groups is 1. The van der Waals surface area contributed by atoms with E-state index >= 15 is 0 Å². The summed E-state index contributed by atoms with van der Waals surface area (Å²) in [5, 5.41) is 4.15. The van der Waals surface area contributed by atoms with Gasteiger partial charge < -0.3 is 10.1 Å². The summed E-state index contributed by atoms with van der Waals surface area (Å²) in [6.45, 7) is 0. The molecular weight excluding hydrogens is 262 g/mol. The molecule has 1 aromatic carbocycles. The molecule has 3 nitrogen and oxygen atoms in total. The highest BCUT2D eigenvalue weighted by Crippen LogP contribution is 2.36. The van der Waals surface area contributed by atoms with Crippen LogP contribution < -0.4 is 5.32 Å². The number of methoxy groups -OCH3 is 1. The van der Waals surface area contributed by atoms with Gasteiger partial charge in [0, 0.05) is 23.4 Å². The van der Waals surface area contributed by atoms with Gasteiger partial charge in [-0.3, -0.25) is 4.79 Å². The molecule has 0 heterocycles. The van der Waals surface area contributed by atoms with Crippen molar-refractivity contribution < 1.29 is 9.53 Å². The maximum atomic E-state index is 11.4. The molecule has 0 amide bonds. The third-order valence-corrected chi connectivity index (χ3v) is 4.21. The Labute approximate surface area is 119 Å². The molecule has 0 fully saturated rings. The predicted octanol–water partition coefficient (Wildman–Crippen LogP) is 2.91. The molecule has 0 aromatic heterocycles. The van der Waals surface area contributed by atoms with E-state index in [0.29, 0.717) is 18.4 Å². The predicted molar refractivity (Wildman–Crippen MR) is 76.6 cm³/mol. The highest BCUT2D eigenvalue weighted by molar-refractivity contribution is 6.30. The number of nitrogens with one attached hydrogen (secondary N) is 1. The first-order valence-electron chi connectivity index (χ1n) is 6.68. The number of fused-ring (bicyclic) bond motifs is 1. The van der Waals surface area contributed by atoms with Gasteiger partial charge in [-0.25, -0.2) is 0 Å². The summed E-state index contributed by atoms with van der Waals surface area (Å²) in [6, 6.07) is 6.50. The van der Waals surface area contributed by atoms with Gasteiger partial charge in [0.1, 0.15) is 0 Å². The van der Waals surface area contributed by atoms with Crippen LogP contribution in [-0.4, -0.2) is 26.2 Å². The Balaban J connectivity index is 2.20. The average molecular weight is 282 g/mol. The number of hydrogen-bond acceptors (Lipinski definition) is 3. The van der Waals surface area contributed by atoms with Gasteiger partial charge in [0.05, 0.1) is 7.11 Å². The monoisotopic (exact) mass is 281 g/mol. The van der Waals surface area contributed by atoms with Crippen LogP contribution in [-0.2, 0) is 16.0 Å². The standard InChI is InChI=1S/C15H20ClNO2/c1-17-14-7-3-10-9-11(16)4-5-12(10)13(14)6-8-15(18)19-2/h4-5,9,13-14,17H,3,6-8H2,1-2H3. The molecule has 104 valence electrons.